The SMILES string of the molecule is Cc1ccc(Cl)cc1N1C(=O)CC(c2ccc3c(c2)OCO3)C2=C1CC(C)(C)CC2=O. The first-order valence-corrected chi connectivity index (χ1v) is 10.9. The van der Waals surface area contributed by atoms with Gasteiger partial charge >= 0.3 is 0 Å². The Morgan fingerprint density at radius 1 is 1.03 bits per heavy atom. The molecule has 2 aliphatic heterocycles. The zero-order valence-corrected chi connectivity index (χ0v) is 18.6. The smallest absolute Gasteiger partial charge is 0.232 e. The maximum Gasteiger partial charge on any atom is 0.232 e. The lowest BCUT2D eigenvalue weighted by atomic mass is 9.69. The third-order valence-electron chi connectivity index (χ3n) is 6.35. The minimum Gasteiger partial charge on any atom is -0.454 e. The van der Waals surface area contributed by atoms with Crippen molar-refractivity contribution in [2.24, 2.45) is 5.41 Å². The predicted molar refractivity (Wildman–Crippen MR) is 119 cm³/mol. The molecule has 1 unspecified atom stereocenters. The van der Waals surface area contributed by atoms with Crippen molar-refractivity contribution in [1.29, 1.82) is 0 Å². The van der Waals surface area contributed by atoms with Crippen LogP contribution in [0.2, 0.25) is 5.02 Å². The number of nitrogens with zero attached hydrogens (tertiary/aromatic N) is 1. The molecule has 6 heteroatoms. The van der Waals surface area contributed by atoms with E-state index < -0.39 is 0 Å². The highest BCUT2D eigenvalue weighted by atomic mass is 35.5. The second-order valence-corrected chi connectivity index (χ2v) is 9.77. The van der Waals surface area contributed by atoms with E-state index in [0.29, 0.717) is 29.4 Å². The lowest BCUT2D eigenvalue weighted by Gasteiger charge is -2.43. The normalized spacial score (nSPS) is 22.1. The van der Waals surface area contributed by atoms with Gasteiger partial charge in [0.1, 0.15) is 0 Å². The Kier molecular flexibility index (Phi) is 4.63. The minimum absolute atomic E-state index is 0.0303. The van der Waals surface area contributed by atoms with Gasteiger partial charge in [-0.25, -0.2) is 0 Å². The van der Waals surface area contributed by atoms with E-state index in [1.54, 1.807) is 4.90 Å². The molecule has 3 aliphatic rings. The molecule has 0 radical (unpaired) electrons. The maximum atomic E-state index is 13.5. The number of anilines is 1. The number of hydrogen-bond acceptors (Lipinski definition) is 4. The van der Waals surface area contributed by atoms with Gasteiger partial charge in [0, 0.05) is 35.1 Å². The van der Waals surface area contributed by atoms with Gasteiger partial charge in [-0.2, -0.15) is 0 Å². The third-order valence-corrected chi connectivity index (χ3v) is 6.59. The summed E-state index contributed by atoms with van der Waals surface area (Å²) in [5.74, 6) is 1.12. The summed E-state index contributed by atoms with van der Waals surface area (Å²) in [6.45, 7) is 6.29. The Balaban J connectivity index is 1.69. The van der Waals surface area contributed by atoms with E-state index in [9.17, 15) is 9.59 Å². The Morgan fingerprint density at radius 3 is 2.61 bits per heavy atom. The van der Waals surface area contributed by atoms with Crippen LogP contribution in [0.1, 0.15) is 50.2 Å². The van der Waals surface area contributed by atoms with Crippen LogP contribution in [-0.2, 0) is 9.59 Å². The molecule has 2 aromatic carbocycles. The molecule has 2 heterocycles. The molecule has 0 fully saturated rings. The van der Waals surface area contributed by atoms with E-state index in [1.165, 1.54) is 0 Å². The van der Waals surface area contributed by atoms with Crippen LogP contribution in [-0.4, -0.2) is 18.5 Å². The Bertz CT molecular complexity index is 1150. The number of halogens is 1. The Labute approximate surface area is 186 Å². The fraction of sp³-hybridized carbons (Fsp3) is 0.360. The van der Waals surface area contributed by atoms with Gasteiger partial charge in [0.05, 0.1) is 5.69 Å². The summed E-state index contributed by atoms with van der Waals surface area (Å²) < 4.78 is 11.0. The highest BCUT2D eigenvalue weighted by molar-refractivity contribution is 6.31. The Morgan fingerprint density at radius 2 is 1.81 bits per heavy atom. The topological polar surface area (TPSA) is 55.8 Å². The van der Waals surface area contributed by atoms with Gasteiger partial charge < -0.3 is 9.47 Å². The largest absolute Gasteiger partial charge is 0.454 e. The molecule has 31 heavy (non-hydrogen) atoms. The summed E-state index contributed by atoms with van der Waals surface area (Å²) in [5.41, 5.74) is 3.91. The van der Waals surface area contributed by atoms with E-state index in [4.69, 9.17) is 21.1 Å². The number of Topliss-reactive ketones (excluding diaryl/α,β-unsaturated/α-hetero) is 1. The van der Waals surface area contributed by atoms with Crippen molar-refractivity contribution < 1.29 is 19.1 Å². The maximum absolute atomic E-state index is 13.5. The van der Waals surface area contributed by atoms with Crippen molar-refractivity contribution in [1.82, 2.24) is 0 Å². The fourth-order valence-electron chi connectivity index (χ4n) is 4.93. The van der Waals surface area contributed by atoms with Gasteiger partial charge in [0.2, 0.25) is 12.7 Å². The molecule has 1 atom stereocenters. The number of fused-ring (bicyclic) bond motifs is 1. The molecule has 0 bridgehead atoms. The van der Waals surface area contributed by atoms with Crippen molar-refractivity contribution >= 4 is 29.0 Å². The van der Waals surface area contributed by atoms with Gasteiger partial charge in [-0.05, 0) is 54.2 Å². The second-order valence-electron chi connectivity index (χ2n) is 9.33. The average molecular weight is 438 g/mol. The van der Waals surface area contributed by atoms with Crippen molar-refractivity contribution in [2.75, 3.05) is 11.7 Å². The van der Waals surface area contributed by atoms with Crippen molar-refractivity contribution in [3.8, 4) is 11.5 Å². The standard InChI is InChI=1S/C25H24ClNO4/c1-14-4-6-16(26)9-18(14)27-19-11-25(2,3)12-20(28)24(19)17(10-23(27)29)15-5-7-21-22(8-15)31-13-30-21/h4-9,17H,10-13H2,1-3H3. The highest BCUT2D eigenvalue weighted by Gasteiger charge is 2.44. The molecular weight excluding hydrogens is 414 g/mol. The molecule has 2 aromatic rings. The number of allylic oxidation sites excluding steroid dienone is 2. The third kappa shape index (κ3) is 3.41. The second kappa shape index (κ2) is 7.13. The lowest BCUT2D eigenvalue weighted by Crippen LogP contribution is -2.44. The summed E-state index contributed by atoms with van der Waals surface area (Å²) in [5, 5.41) is 0.565. The predicted octanol–water partition coefficient (Wildman–Crippen LogP) is 5.54. The number of carbonyl (C=O) groups is 2. The molecule has 0 saturated carbocycles. The lowest BCUT2D eigenvalue weighted by molar-refractivity contribution is -0.121. The van der Waals surface area contributed by atoms with Crippen LogP contribution in [0.15, 0.2) is 47.7 Å². The van der Waals surface area contributed by atoms with Crippen LogP contribution < -0.4 is 14.4 Å². The van der Waals surface area contributed by atoms with Gasteiger partial charge in [-0.1, -0.05) is 37.6 Å². The molecule has 5 rings (SSSR count). The van der Waals surface area contributed by atoms with Crippen LogP contribution in [0.4, 0.5) is 5.69 Å². The minimum atomic E-state index is -0.295. The number of ketones is 1. The molecule has 1 amide bonds. The quantitative estimate of drug-likeness (QED) is 0.618. The highest BCUT2D eigenvalue weighted by Crippen LogP contribution is 2.49. The number of carbonyl (C=O) groups excluding carboxylic acids is 2. The first-order valence-electron chi connectivity index (χ1n) is 10.5. The van der Waals surface area contributed by atoms with Crippen LogP contribution in [0.5, 0.6) is 11.5 Å². The summed E-state index contributed by atoms with van der Waals surface area (Å²) in [6, 6.07) is 11.2. The summed E-state index contributed by atoms with van der Waals surface area (Å²) in [7, 11) is 0. The molecule has 1 aliphatic carbocycles. The van der Waals surface area contributed by atoms with Gasteiger partial charge in [-0.15, -0.1) is 0 Å². The average Bonchev–Trinajstić information content (AvgIpc) is 3.16. The van der Waals surface area contributed by atoms with Crippen LogP contribution in [0, 0.1) is 12.3 Å². The van der Waals surface area contributed by atoms with E-state index in [-0.39, 0.29) is 36.2 Å². The van der Waals surface area contributed by atoms with Gasteiger partial charge in [0.25, 0.3) is 0 Å². The molecule has 0 saturated heterocycles. The first-order chi connectivity index (χ1) is 14.7. The fourth-order valence-corrected chi connectivity index (χ4v) is 5.10. The van der Waals surface area contributed by atoms with Crippen LogP contribution >= 0.6 is 11.6 Å². The molecular formula is C25H24ClNO4. The summed E-state index contributed by atoms with van der Waals surface area (Å²) in [4.78, 5) is 28.7. The van der Waals surface area contributed by atoms with Crippen LogP contribution in [0.3, 0.4) is 0 Å². The van der Waals surface area contributed by atoms with E-state index >= 15 is 0 Å². The number of aryl methyl sites for hydroxylation is 1. The molecule has 5 nitrogen and oxygen atoms in total. The Hall–Kier alpha value is -2.79. The van der Waals surface area contributed by atoms with Gasteiger partial charge in [0.15, 0.2) is 17.3 Å². The van der Waals surface area contributed by atoms with E-state index in [0.717, 1.165) is 28.1 Å². The van der Waals surface area contributed by atoms with Crippen molar-refractivity contribution in [3.63, 3.8) is 0 Å². The number of ether oxygens (including phenoxy) is 2. The molecule has 160 valence electrons. The number of hydrogen-bond donors (Lipinski definition) is 0. The molecule has 0 aromatic heterocycles. The van der Waals surface area contributed by atoms with Crippen molar-refractivity contribution in [3.05, 3.63) is 63.8 Å². The van der Waals surface area contributed by atoms with Gasteiger partial charge in [-0.3, -0.25) is 14.5 Å². The molecule has 0 spiro atoms. The zero-order chi connectivity index (χ0) is 21.9. The van der Waals surface area contributed by atoms with E-state index in [2.05, 4.69) is 13.8 Å². The number of rotatable bonds is 2. The number of amides is 1. The van der Waals surface area contributed by atoms with Crippen LogP contribution in [0.25, 0.3) is 0 Å². The van der Waals surface area contributed by atoms with Crippen molar-refractivity contribution in [2.45, 2.75) is 46.0 Å². The van der Waals surface area contributed by atoms with E-state index in [1.807, 2.05) is 43.3 Å². The monoisotopic (exact) mass is 437 g/mol. The summed E-state index contributed by atoms with van der Waals surface area (Å²) in [6.07, 6.45) is 1.33. The first kappa shape index (κ1) is 20.1. The molecule has 0 N–H and O–H groups in total. The zero-order valence-electron chi connectivity index (χ0n) is 17.8. The summed E-state index contributed by atoms with van der Waals surface area (Å²) >= 11 is 6.28. The number of benzene rings is 2.